The van der Waals surface area contributed by atoms with E-state index >= 15 is 0 Å². The van der Waals surface area contributed by atoms with Crippen molar-refractivity contribution in [2.45, 2.75) is 60.5 Å². The topological polar surface area (TPSA) is 135 Å². The quantitative estimate of drug-likeness (QED) is 0.361. The Hall–Kier alpha value is -2.57. The van der Waals surface area contributed by atoms with E-state index in [1.165, 1.54) is 10.6 Å². The van der Waals surface area contributed by atoms with E-state index in [2.05, 4.69) is 15.3 Å². The molecule has 2 aliphatic heterocycles. The van der Waals surface area contributed by atoms with Crippen LogP contribution in [-0.2, 0) is 9.73 Å². The van der Waals surface area contributed by atoms with Crippen molar-refractivity contribution in [3.63, 3.8) is 0 Å². The van der Waals surface area contributed by atoms with Crippen LogP contribution in [0.5, 0.6) is 0 Å². The number of H-pyrrole nitrogens is 1. The van der Waals surface area contributed by atoms with Gasteiger partial charge < -0.3 is 30.4 Å². The van der Waals surface area contributed by atoms with Crippen molar-refractivity contribution in [2.24, 2.45) is 0 Å². The van der Waals surface area contributed by atoms with Crippen LogP contribution in [0.2, 0.25) is 0 Å². The van der Waals surface area contributed by atoms with Gasteiger partial charge in [0.1, 0.15) is 29.8 Å². The Kier molecular flexibility index (Phi) is 5.34. The molecule has 0 spiro atoms. The fourth-order valence-electron chi connectivity index (χ4n) is 5.31. The fraction of sp³-hybridized carbons (Fsp3) is 0.478. The standard InChI is InChI=1S/C23H27N5O5S/c29-12-15-17(30)18(31)21(33-15)28-19-16(20(32)27-11-10-24-22(27)25-19)26-23(28,13-6-2-1-3-7-13)34-14-8-4-5-9-14/h1-3,6-7,10-11,14-15,17-18,21,26,29-31H,4-5,8-9,12H2,(H,24,25)/t15-,17-,18-,21-,23?/m1/s1. The highest BCUT2D eigenvalue weighted by atomic mass is 32.2. The van der Waals surface area contributed by atoms with Gasteiger partial charge in [0.25, 0.3) is 5.56 Å². The molecule has 2 fully saturated rings. The van der Waals surface area contributed by atoms with Crippen molar-refractivity contribution < 1.29 is 20.1 Å². The van der Waals surface area contributed by atoms with Crippen LogP contribution >= 0.6 is 11.8 Å². The van der Waals surface area contributed by atoms with Gasteiger partial charge in [-0.25, -0.2) is 4.98 Å². The van der Waals surface area contributed by atoms with E-state index in [4.69, 9.17) is 4.74 Å². The van der Waals surface area contributed by atoms with E-state index in [0.717, 1.165) is 31.2 Å². The maximum Gasteiger partial charge on any atom is 0.284 e. The lowest BCUT2D eigenvalue weighted by atomic mass is 10.1. The molecule has 3 aromatic rings. The maximum atomic E-state index is 13.5. The lowest BCUT2D eigenvalue weighted by Gasteiger charge is -2.44. The summed E-state index contributed by atoms with van der Waals surface area (Å²) in [5.74, 6) is 0.782. The summed E-state index contributed by atoms with van der Waals surface area (Å²) in [6.07, 6.45) is 2.93. The Bertz CT molecular complexity index is 1250. The molecule has 0 bridgehead atoms. The fourth-order valence-corrected chi connectivity index (χ4v) is 7.10. The van der Waals surface area contributed by atoms with Crippen molar-refractivity contribution in [1.29, 1.82) is 0 Å². The van der Waals surface area contributed by atoms with E-state index in [1.807, 2.05) is 35.2 Å². The van der Waals surface area contributed by atoms with Gasteiger partial charge in [-0.2, -0.15) is 0 Å². The van der Waals surface area contributed by atoms with Gasteiger partial charge in [0, 0.05) is 23.2 Å². The number of ether oxygens (including phenoxy) is 1. The molecule has 10 nitrogen and oxygen atoms in total. The first-order chi connectivity index (χ1) is 16.5. The maximum absolute atomic E-state index is 13.5. The smallest absolute Gasteiger partial charge is 0.284 e. The number of hydrogen-bond donors (Lipinski definition) is 5. The third kappa shape index (κ3) is 3.18. The lowest BCUT2D eigenvalue weighted by Crippen LogP contribution is -2.55. The summed E-state index contributed by atoms with van der Waals surface area (Å²) in [5.41, 5.74) is 0.937. The lowest BCUT2D eigenvalue weighted by molar-refractivity contribution is -0.0249. The molecule has 6 rings (SSSR count). The predicted octanol–water partition coefficient (Wildman–Crippen LogP) is 1.18. The zero-order chi connectivity index (χ0) is 23.4. The number of nitrogens with zero attached hydrogens (tertiary/aromatic N) is 3. The Morgan fingerprint density at radius 1 is 1.18 bits per heavy atom. The van der Waals surface area contributed by atoms with Gasteiger partial charge in [0.15, 0.2) is 11.2 Å². The van der Waals surface area contributed by atoms with Crippen LogP contribution in [0, 0.1) is 0 Å². The Morgan fingerprint density at radius 2 is 1.94 bits per heavy atom. The van der Waals surface area contributed by atoms with Gasteiger partial charge in [-0.05, 0) is 12.8 Å². The molecule has 5 N–H and O–H groups in total. The molecule has 5 atom stereocenters. The molecule has 1 unspecified atom stereocenters. The summed E-state index contributed by atoms with van der Waals surface area (Å²) in [6, 6.07) is 9.74. The van der Waals surface area contributed by atoms with Crippen molar-refractivity contribution in [2.75, 3.05) is 16.8 Å². The minimum absolute atomic E-state index is 0.275. The van der Waals surface area contributed by atoms with Gasteiger partial charge in [0.2, 0.25) is 5.78 Å². The van der Waals surface area contributed by atoms with Crippen LogP contribution < -0.4 is 15.8 Å². The van der Waals surface area contributed by atoms with Gasteiger partial charge >= 0.3 is 0 Å². The number of aromatic amines is 1. The number of nitrogens with one attached hydrogen (secondary N) is 2. The molecular formula is C23H27N5O5S. The number of anilines is 2. The molecular weight excluding hydrogens is 458 g/mol. The molecule has 11 heteroatoms. The number of fused-ring (bicyclic) bond motifs is 2. The zero-order valence-electron chi connectivity index (χ0n) is 18.4. The monoisotopic (exact) mass is 485 g/mol. The van der Waals surface area contributed by atoms with E-state index in [0.29, 0.717) is 22.5 Å². The van der Waals surface area contributed by atoms with Crippen LogP contribution in [0.1, 0.15) is 31.2 Å². The average molecular weight is 486 g/mol. The first-order valence-electron chi connectivity index (χ1n) is 11.6. The second kappa shape index (κ2) is 8.28. The Labute approximate surface area is 199 Å². The number of rotatable bonds is 5. The number of thioether (sulfide) groups is 1. The predicted molar refractivity (Wildman–Crippen MR) is 128 cm³/mol. The number of aliphatic hydroxyl groups is 3. The SMILES string of the molecule is O=c1c2c([nH]c3nccn13)N([C@@H]1O[C@H](CO)[C@@H](O)[C@H]1O)C(SC1CCCC1)(c1ccccc1)N2. The summed E-state index contributed by atoms with van der Waals surface area (Å²) in [4.78, 5) is 21.8. The van der Waals surface area contributed by atoms with E-state index in [9.17, 15) is 20.1 Å². The van der Waals surface area contributed by atoms with Gasteiger partial charge in [0.05, 0.1) is 6.61 Å². The molecule has 0 radical (unpaired) electrons. The van der Waals surface area contributed by atoms with Gasteiger partial charge in [-0.1, -0.05) is 43.2 Å². The van der Waals surface area contributed by atoms with Crippen LogP contribution in [0.3, 0.4) is 0 Å². The zero-order valence-corrected chi connectivity index (χ0v) is 19.2. The first-order valence-corrected chi connectivity index (χ1v) is 12.4. The number of benzene rings is 1. The van der Waals surface area contributed by atoms with Crippen molar-refractivity contribution >= 4 is 29.0 Å². The van der Waals surface area contributed by atoms with Crippen molar-refractivity contribution in [3.8, 4) is 0 Å². The molecule has 1 saturated heterocycles. The Balaban J connectivity index is 1.58. The molecule has 1 aliphatic carbocycles. The highest BCUT2D eigenvalue weighted by Gasteiger charge is 2.57. The van der Waals surface area contributed by atoms with Crippen LogP contribution in [0.25, 0.3) is 5.78 Å². The molecule has 4 heterocycles. The molecule has 3 aliphatic rings. The highest BCUT2D eigenvalue weighted by molar-refractivity contribution is 8.01. The summed E-state index contributed by atoms with van der Waals surface area (Å²) in [7, 11) is 0. The molecule has 180 valence electrons. The second-order valence-corrected chi connectivity index (χ2v) is 10.5. The number of imidazole rings is 1. The summed E-state index contributed by atoms with van der Waals surface area (Å²) in [6.45, 7) is -0.438. The molecule has 0 amide bonds. The van der Waals surface area contributed by atoms with Crippen LogP contribution in [-0.4, -0.2) is 66.1 Å². The molecule has 2 aromatic heterocycles. The van der Waals surface area contributed by atoms with E-state index in [1.54, 1.807) is 18.0 Å². The molecule has 34 heavy (non-hydrogen) atoms. The summed E-state index contributed by atoms with van der Waals surface area (Å²) in [5, 5.41) is 35.2. The first kappa shape index (κ1) is 21.9. The molecule has 1 aromatic carbocycles. The van der Waals surface area contributed by atoms with Crippen molar-refractivity contribution in [3.05, 3.63) is 58.6 Å². The third-order valence-corrected chi connectivity index (χ3v) is 8.67. The summed E-state index contributed by atoms with van der Waals surface area (Å²) >= 11 is 1.69. The van der Waals surface area contributed by atoms with Crippen LogP contribution in [0.4, 0.5) is 11.5 Å². The Morgan fingerprint density at radius 3 is 2.65 bits per heavy atom. The van der Waals surface area contributed by atoms with Crippen LogP contribution in [0.15, 0.2) is 47.5 Å². The average Bonchev–Trinajstić information content (AvgIpc) is 3.64. The number of hydrogen-bond acceptors (Lipinski definition) is 9. The number of aliphatic hydroxyl groups excluding tert-OH is 3. The second-order valence-electron chi connectivity index (χ2n) is 9.03. The largest absolute Gasteiger partial charge is 0.394 e. The van der Waals surface area contributed by atoms with E-state index < -0.39 is 36.1 Å². The van der Waals surface area contributed by atoms with Gasteiger partial charge in [-0.3, -0.25) is 14.1 Å². The molecule has 1 saturated carbocycles. The van der Waals surface area contributed by atoms with Gasteiger partial charge in [-0.15, -0.1) is 11.8 Å². The number of aromatic nitrogens is 3. The van der Waals surface area contributed by atoms with Crippen molar-refractivity contribution in [1.82, 2.24) is 14.4 Å². The third-order valence-electron chi connectivity index (χ3n) is 6.99. The highest BCUT2D eigenvalue weighted by Crippen LogP contribution is 2.55. The van der Waals surface area contributed by atoms with E-state index in [-0.39, 0.29) is 5.56 Å². The minimum Gasteiger partial charge on any atom is -0.394 e. The normalized spacial score (nSPS) is 31.3. The minimum atomic E-state index is -1.31. The summed E-state index contributed by atoms with van der Waals surface area (Å²) < 4.78 is 7.46.